The number of ether oxygens (including phenoxy) is 3. The van der Waals surface area contributed by atoms with Gasteiger partial charge < -0.3 is 19.5 Å². The molecule has 0 aliphatic carbocycles. The molecule has 2 aliphatic heterocycles. The summed E-state index contributed by atoms with van der Waals surface area (Å²) < 4.78 is 16.2. The zero-order valence-electron chi connectivity index (χ0n) is 17.0. The molecule has 2 heterocycles. The Morgan fingerprint density at radius 1 is 1.18 bits per heavy atom. The number of hydrogen-bond acceptors (Lipinski definition) is 5. The zero-order valence-corrected chi connectivity index (χ0v) is 17.0. The third kappa shape index (κ3) is 5.06. The van der Waals surface area contributed by atoms with Gasteiger partial charge in [0.15, 0.2) is 0 Å². The number of piperidine rings is 1. The Morgan fingerprint density at radius 3 is 2.61 bits per heavy atom. The van der Waals surface area contributed by atoms with Crippen molar-refractivity contribution in [2.75, 3.05) is 47.1 Å². The van der Waals surface area contributed by atoms with E-state index in [9.17, 15) is 4.79 Å². The predicted octanol–water partition coefficient (Wildman–Crippen LogP) is 2.87. The van der Waals surface area contributed by atoms with E-state index in [-0.39, 0.29) is 11.4 Å². The Bertz CT molecular complexity index is 677. The third-order valence-electron chi connectivity index (χ3n) is 5.90. The van der Waals surface area contributed by atoms with Crippen LogP contribution in [0.15, 0.2) is 24.3 Å². The number of carbonyl (C=O) groups excluding carboxylic acids is 1. The van der Waals surface area contributed by atoms with E-state index in [0.29, 0.717) is 12.3 Å². The predicted molar refractivity (Wildman–Crippen MR) is 110 cm³/mol. The van der Waals surface area contributed by atoms with Crippen LogP contribution in [0.2, 0.25) is 0 Å². The number of nitrogens with one attached hydrogen (secondary N) is 1. The van der Waals surface area contributed by atoms with Gasteiger partial charge in [-0.25, -0.2) is 0 Å². The smallest absolute Gasteiger partial charge is 0.244 e. The molecule has 1 amide bonds. The maximum atomic E-state index is 12.5. The van der Waals surface area contributed by atoms with E-state index >= 15 is 0 Å². The maximum Gasteiger partial charge on any atom is 0.244 e. The van der Waals surface area contributed by atoms with Crippen molar-refractivity contribution in [2.45, 2.75) is 37.6 Å². The minimum atomic E-state index is -0.0826. The van der Waals surface area contributed by atoms with Crippen LogP contribution < -0.4 is 14.8 Å². The lowest BCUT2D eigenvalue weighted by Gasteiger charge is -2.48. The summed E-state index contributed by atoms with van der Waals surface area (Å²) in [5.41, 5.74) is 0.871. The van der Waals surface area contributed by atoms with Gasteiger partial charge in [-0.05, 0) is 57.0 Å². The van der Waals surface area contributed by atoms with Crippen LogP contribution in [0.25, 0.3) is 6.08 Å². The lowest BCUT2D eigenvalue weighted by molar-refractivity contribution is -0.118. The number of amides is 1. The second-order valence-corrected chi connectivity index (χ2v) is 7.54. The molecule has 3 rings (SSSR count). The van der Waals surface area contributed by atoms with E-state index in [1.165, 1.54) is 19.3 Å². The summed E-state index contributed by atoms with van der Waals surface area (Å²) in [6, 6.07) is 5.55. The van der Waals surface area contributed by atoms with Gasteiger partial charge in [0.05, 0.1) is 14.2 Å². The highest BCUT2D eigenvalue weighted by Gasteiger charge is 2.38. The topological polar surface area (TPSA) is 60.0 Å². The van der Waals surface area contributed by atoms with E-state index < -0.39 is 0 Å². The first kappa shape index (κ1) is 20.7. The third-order valence-corrected chi connectivity index (χ3v) is 5.90. The summed E-state index contributed by atoms with van der Waals surface area (Å²) in [7, 11) is 3.23. The molecule has 0 spiro atoms. The second kappa shape index (κ2) is 9.94. The van der Waals surface area contributed by atoms with Crippen LogP contribution in [0.3, 0.4) is 0 Å². The highest BCUT2D eigenvalue weighted by molar-refractivity contribution is 5.92. The lowest BCUT2D eigenvalue weighted by atomic mass is 9.86. The molecule has 2 saturated heterocycles. The van der Waals surface area contributed by atoms with Crippen LogP contribution in [-0.4, -0.2) is 63.4 Å². The first-order chi connectivity index (χ1) is 13.7. The van der Waals surface area contributed by atoms with Crippen molar-refractivity contribution in [3.8, 4) is 11.5 Å². The molecular weight excluding hydrogens is 356 g/mol. The maximum absolute atomic E-state index is 12.5. The highest BCUT2D eigenvalue weighted by atomic mass is 16.5. The number of likely N-dealkylation sites (tertiary alicyclic amines) is 1. The highest BCUT2D eigenvalue weighted by Crippen LogP contribution is 2.30. The molecule has 0 saturated carbocycles. The van der Waals surface area contributed by atoms with Crippen LogP contribution in [0, 0.1) is 0 Å². The number of benzene rings is 1. The molecule has 154 valence electrons. The summed E-state index contributed by atoms with van der Waals surface area (Å²) in [6.07, 6.45) is 9.11. The molecular formula is C22H32N2O4. The fourth-order valence-electron chi connectivity index (χ4n) is 4.16. The van der Waals surface area contributed by atoms with Crippen molar-refractivity contribution in [3.05, 3.63) is 29.8 Å². The number of hydrogen-bond donors (Lipinski definition) is 1. The van der Waals surface area contributed by atoms with Crippen LogP contribution in [0.4, 0.5) is 0 Å². The summed E-state index contributed by atoms with van der Waals surface area (Å²) in [6.45, 7) is 4.44. The van der Waals surface area contributed by atoms with Crippen molar-refractivity contribution in [3.63, 3.8) is 0 Å². The van der Waals surface area contributed by atoms with Gasteiger partial charge in [-0.1, -0.05) is 6.42 Å². The molecule has 1 aromatic carbocycles. The summed E-state index contributed by atoms with van der Waals surface area (Å²) in [5, 5.41) is 3.13. The quantitative estimate of drug-likeness (QED) is 0.728. The van der Waals surface area contributed by atoms with Crippen molar-refractivity contribution in [1.29, 1.82) is 0 Å². The van der Waals surface area contributed by atoms with E-state index in [1.807, 2.05) is 18.2 Å². The summed E-state index contributed by atoms with van der Waals surface area (Å²) in [4.78, 5) is 15.1. The summed E-state index contributed by atoms with van der Waals surface area (Å²) in [5.74, 6) is 1.32. The number of rotatable bonds is 7. The van der Waals surface area contributed by atoms with Gasteiger partial charge in [-0.2, -0.15) is 0 Å². The molecule has 0 aromatic heterocycles. The number of methoxy groups -OCH3 is 2. The Balaban J connectivity index is 1.62. The van der Waals surface area contributed by atoms with Crippen molar-refractivity contribution in [1.82, 2.24) is 10.2 Å². The molecule has 28 heavy (non-hydrogen) atoms. The van der Waals surface area contributed by atoms with Crippen LogP contribution in [0.5, 0.6) is 11.5 Å². The lowest BCUT2D eigenvalue weighted by Crippen LogP contribution is -2.59. The van der Waals surface area contributed by atoms with Crippen LogP contribution >= 0.6 is 0 Å². The van der Waals surface area contributed by atoms with Gasteiger partial charge >= 0.3 is 0 Å². The normalized spacial score (nSPS) is 20.1. The van der Waals surface area contributed by atoms with Gasteiger partial charge in [0, 0.05) is 43.0 Å². The van der Waals surface area contributed by atoms with Crippen molar-refractivity contribution >= 4 is 12.0 Å². The Hall–Kier alpha value is -2.05. The van der Waals surface area contributed by atoms with Crippen LogP contribution in [0.1, 0.15) is 37.7 Å². The van der Waals surface area contributed by atoms with Crippen molar-refractivity contribution in [2.24, 2.45) is 0 Å². The second-order valence-electron chi connectivity index (χ2n) is 7.54. The molecule has 2 fully saturated rings. The largest absolute Gasteiger partial charge is 0.497 e. The number of carbonyl (C=O) groups is 1. The monoisotopic (exact) mass is 388 g/mol. The van der Waals surface area contributed by atoms with E-state index in [1.54, 1.807) is 26.4 Å². The Morgan fingerprint density at radius 2 is 1.93 bits per heavy atom. The van der Waals surface area contributed by atoms with Gasteiger partial charge in [0.2, 0.25) is 5.91 Å². The molecule has 2 aliphatic rings. The van der Waals surface area contributed by atoms with Gasteiger partial charge in [0.25, 0.3) is 0 Å². The molecule has 1 aromatic rings. The first-order valence-corrected chi connectivity index (χ1v) is 10.2. The number of nitrogens with zero attached hydrogens (tertiary/aromatic N) is 1. The molecule has 0 bridgehead atoms. The van der Waals surface area contributed by atoms with Gasteiger partial charge in [0.1, 0.15) is 11.5 Å². The molecule has 0 radical (unpaired) electrons. The first-order valence-electron chi connectivity index (χ1n) is 10.2. The average Bonchev–Trinajstić information content (AvgIpc) is 2.77. The average molecular weight is 389 g/mol. The minimum Gasteiger partial charge on any atom is -0.497 e. The molecule has 6 heteroatoms. The minimum absolute atomic E-state index is 0.0278. The van der Waals surface area contributed by atoms with E-state index in [0.717, 1.165) is 50.5 Å². The fourth-order valence-corrected chi connectivity index (χ4v) is 4.16. The molecule has 6 nitrogen and oxygen atoms in total. The van der Waals surface area contributed by atoms with Gasteiger partial charge in [-0.3, -0.25) is 9.69 Å². The van der Waals surface area contributed by atoms with Crippen molar-refractivity contribution < 1.29 is 19.0 Å². The SMILES string of the molecule is COc1ccc(C=CC(=O)NCC2(N3CCCCC3)CCOCC2)c(OC)c1. The van der Waals surface area contributed by atoms with Gasteiger partial charge in [-0.15, -0.1) is 0 Å². The molecule has 0 atom stereocenters. The fraction of sp³-hybridized carbons (Fsp3) is 0.591. The molecule has 1 N–H and O–H groups in total. The Kier molecular flexibility index (Phi) is 7.34. The van der Waals surface area contributed by atoms with Crippen LogP contribution in [-0.2, 0) is 9.53 Å². The standard InChI is InChI=1S/C22H32N2O4/c1-26-19-8-6-18(20(16-19)27-2)7-9-21(25)23-17-22(10-14-28-15-11-22)24-12-4-3-5-13-24/h6-9,16H,3-5,10-15,17H2,1-2H3,(H,23,25). The summed E-state index contributed by atoms with van der Waals surface area (Å²) >= 11 is 0. The Labute approximate surface area is 167 Å². The van der Waals surface area contributed by atoms with E-state index in [2.05, 4.69) is 10.2 Å². The zero-order chi connectivity index (χ0) is 19.8. The van der Waals surface area contributed by atoms with E-state index in [4.69, 9.17) is 14.2 Å². The molecule has 0 unspecified atom stereocenters.